The Labute approximate surface area is 120 Å². The summed E-state index contributed by atoms with van der Waals surface area (Å²) in [6.07, 6.45) is 10.0. The van der Waals surface area contributed by atoms with Gasteiger partial charge < -0.3 is 10.3 Å². The first kappa shape index (κ1) is 12.2. The maximum Gasteiger partial charge on any atom is 0.0456 e. The molecule has 4 rings (SSSR count). The lowest BCUT2D eigenvalue weighted by molar-refractivity contribution is 0.475. The number of hydrogen-bond donors (Lipinski definition) is 2. The van der Waals surface area contributed by atoms with E-state index < -0.39 is 0 Å². The topological polar surface area (TPSA) is 27.8 Å². The Morgan fingerprint density at radius 3 is 2.95 bits per heavy atom. The summed E-state index contributed by atoms with van der Waals surface area (Å²) < 4.78 is 0. The average molecular weight is 266 g/mol. The van der Waals surface area contributed by atoms with Crippen molar-refractivity contribution in [1.82, 2.24) is 10.3 Å². The second-order valence-corrected chi connectivity index (χ2v) is 6.16. The van der Waals surface area contributed by atoms with E-state index in [0.29, 0.717) is 6.04 Å². The van der Waals surface area contributed by atoms with Gasteiger partial charge in [-0.25, -0.2) is 0 Å². The van der Waals surface area contributed by atoms with Crippen molar-refractivity contribution in [2.75, 3.05) is 6.54 Å². The van der Waals surface area contributed by atoms with Crippen molar-refractivity contribution < 1.29 is 0 Å². The number of rotatable bonds is 2. The van der Waals surface area contributed by atoms with Gasteiger partial charge in [0.2, 0.25) is 0 Å². The molecule has 0 saturated carbocycles. The molecule has 1 aromatic heterocycles. The smallest absolute Gasteiger partial charge is 0.0456 e. The normalized spacial score (nSPS) is 23.1. The predicted octanol–water partition coefficient (Wildman–Crippen LogP) is 3.94. The van der Waals surface area contributed by atoms with Crippen molar-refractivity contribution in [2.45, 2.75) is 44.6 Å². The molecule has 1 aliphatic heterocycles. The third kappa shape index (κ3) is 2.08. The molecule has 2 heterocycles. The molecule has 0 bridgehead atoms. The molecule has 2 nitrogen and oxygen atoms in total. The molecule has 0 saturated heterocycles. The fourth-order valence-electron chi connectivity index (χ4n) is 3.93. The molecule has 2 aromatic rings. The summed E-state index contributed by atoms with van der Waals surface area (Å²) in [7, 11) is 0. The largest absolute Gasteiger partial charge is 0.361 e. The number of para-hydroxylation sites is 1. The van der Waals surface area contributed by atoms with Crippen LogP contribution in [0.4, 0.5) is 0 Å². The zero-order valence-electron chi connectivity index (χ0n) is 11.9. The van der Waals surface area contributed by atoms with E-state index in [4.69, 9.17) is 0 Å². The molecular weight excluding hydrogens is 244 g/mol. The van der Waals surface area contributed by atoms with Crippen LogP contribution in [0.15, 0.2) is 41.6 Å². The standard InChI is InChI=1S/C18H22N2/c1-2-6-15-13(5-1)9-10-19-18(15)11-14-12-20-17-8-4-3-7-16(14)17/h3-4,7-8,12,18-20H,1-2,5-6,9-11H2. The van der Waals surface area contributed by atoms with Crippen molar-refractivity contribution in [3.63, 3.8) is 0 Å². The Hall–Kier alpha value is -1.54. The summed E-state index contributed by atoms with van der Waals surface area (Å²) in [5.41, 5.74) is 6.21. The molecule has 20 heavy (non-hydrogen) atoms. The number of fused-ring (bicyclic) bond motifs is 1. The Morgan fingerprint density at radius 2 is 1.95 bits per heavy atom. The van der Waals surface area contributed by atoms with Gasteiger partial charge in [-0.05, 0) is 56.7 Å². The molecule has 2 heteroatoms. The maximum absolute atomic E-state index is 3.75. The zero-order valence-corrected chi connectivity index (χ0v) is 11.9. The van der Waals surface area contributed by atoms with E-state index in [1.54, 1.807) is 11.1 Å². The Bertz CT molecular complexity index is 646. The molecule has 2 N–H and O–H groups in total. The minimum absolute atomic E-state index is 0.568. The Balaban J connectivity index is 1.65. The number of nitrogens with one attached hydrogen (secondary N) is 2. The first-order valence-electron chi connectivity index (χ1n) is 7.91. The SMILES string of the molecule is c1ccc2c(CC3NCCC4=C3CCCC4)c[nH]c2c1. The van der Waals surface area contributed by atoms with Crippen molar-refractivity contribution in [3.05, 3.63) is 47.2 Å². The van der Waals surface area contributed by atoms with Gasteiger partial charge in [0, 0.05) is 23.1 Å². The van der Waals surface area contributed by atoms with Gasteiger partial charge in [0.25, 0.3) is 0 Å². The van der Waals surface area contributed by atoms with E-state index in [0.717, 1.165) is 13.0 Å². The molecule has 2 aliphatic rings. The summed E-state index contributed by atoms with van der Waals surface area (Å²) >= 11 is 0. The predicted molar refractivity (Wildman–Crippen MR) is 83.9 cm³/mol. The zero-order chi connectivity index (χ0) is 13.4. The summed E-state index contributed by atoms with van der Waals surface area (Å²) in [6, 6.07) is 9.21. The highest BCUT2D eigenvalue weighted by Crippen LogP contribution is 2.33. The summed E-state index contributed by atoms with van der Waals surface area (Å²) in [6.45, 7) is 1.16. The Morgan fingerprint density at radius 1 is 1.05 bits per heavy atom. The molecule has 0 radical (unpaired) electrons. The van der Waals surface area contributed by atoms with Crippen LogP contribution in [0.3, 0.4) is 0 Å². The molecule has 1 aromatic carbocycles. The lowest BCUT2D eigenvalue weighted by Crippen LogP contribution is -2.39. The van der Waals surface area contributed by atoms with Gasteiger partial charge in [0.05, 0.1) is 0 Å². The van der Waals surface area contributed by atoms with E-state index in [1.807, 2.05) is 0 Å². The van der Waals surface area contributed by atoms with Crippen molar-refractivity contribution in [1.29, 1.82) is 0 Å². The second-order valence-electron chi connectivity index (χ2n) is 6.16. The maximum atomic E-state index is 3.75. The van der Waals surface area contributed by atoms with E-state index >= 15 is 0 Å². The van der Waals surface area contributed by atoms with Gasteiger partial charge in [-0.3, -0.25) is 0 Å². The van der Waals surface area contributed by atoms with E-state index in [9.17, 15) is 0 Å². The number of H-pyrrole nitrogens is 1. The van der Waals surface area contributed by atoms with E-state index in [-0.39, 0.29) is 0 Å². The summed E-state index contributed by atoms with van der Waals surface area (Å²) in [4.78, 5) is 3.41. The van der Waals surface area contributed by atoms with Crippen LogP contribution >= 0.6 is 0 Å². The third-order valence-electron chi connectivity index (χ3n) is 4.97. The van der Waals surface area contributed by atoms with Crippen LogP contribution < -0.4 is 5.32 Å². The monoisotopic (exact) mass is 266 g/mol. The van der Waals surface area contributed by atoms with Crippen LogP contribution in [0, 0.1) is 0 Å². The highest BCUT2D eigenvalue weighted by atomic mass is 14.9. The van der Waals surface area contributed by atoms with Gasteiger partial charge in [-0.2, -0.15) is 0 Å². The van der Waals surface area contributed by atoms with Gasteiger partial charge >= 0.3 is 0 Å². The minimum atomic E-state index is 0.568. The van der Waals surface area contributed by atoms with Crippen molar-refractivity contribution >= 4 is 10.9 Å². The molecule has 0 fully saturated rings. The molecular formula is C18H22N2. The average Bonchev–Trinajstić information content (AvgIpc) is 2.91. The fourth-order valence-corrected chi connectivity index (χ4v) is 3.93. The number of aromatic nitrogens is 1. The highest BCUT2D eigenvalue weighted by molar-refractivity contribution is 5.83. The van der Waals surface area contributed by atoms with E-state index in [1.165, 1.54) is 48.6 Å². The second kappa shape index (κ2) is 5.10. The minimum Gasteiger partial charge on any atom is -0.361 e. The van der Waals surface area contributed by atoms with E-state index in [2.05, 4.69) is 40.8 Å². The first-order chi connectivity index (χ1) is 9.92. The summed E-state index contributed by atoms with van der Waals surface area (Å²) in [5.74, 6) is 0. The van der Waals surface area contributed by atoms with Gasteiger partial charge in [-0.15, -0.1) is 0 Å². The van der Waals surface area contributed by atoms with Crippen LogP contribution in [-0.4, -0.2) is 17.6 Å². The Kier molecular flexibility index (Phi) is 3.12. The van der Waals surface area contributed by atoms with Crippen LogP contribution in [0.5, 0.6) is 0 Å². The van der Waals surface area contributed by atoms with Gasteiger partial charge in [0.15, 0.2) is 0 Å². The molecule has 1 atom stereocenters. The molecule has 1 aliphatic carbocycles. The van der Waals surface area contributed by atoms with Gasteiger partial charge in [-0.1, -0.05) is 29.3 Å². The lowest BCUT2D eigenvalue weighted by Gasteiger charge is -2.33. The van der Waals surface area contributed by atoms with Crippen LogP contribution in [-0.2, 0) is 6.42 Å². The number of aromatic amines is 1. The number of hydrogen-bond acceptors (Lipinski definition) is 1. The van der Waals surface area contributed by atoms with Crippen LogP contribution in [0.1, 0.15) is 37.7 Å². The highest BCUT2D eigenvalue weighted by Gasteiger charge is 2.25. The lowest BCUT2D eigenvalue weighted by atomic mass is 9.81. The molecule has 1 unspecified atom stereocenters. The van der Waals surface area contributed by atoms with Crippen LogP contribution in [0.2, 0.25) is 0 Å². The molecule has 104 valence electrons. The van der Waals surface area contributed by atoms with Crippen LogP contribution in [0.25, 0.3) is 10.9 Å². The van der Waals surface area contributed by atoms with Gasteiger partial charge in [0.1, 0.15) is 0 Å². The molecule has 0 spiro atoms. The first-order valence-corrected chi connectivity index (χ1v) is 7.91. The van der Waals surface area contributed by atoms with Crippen molar-refractivity contribution in [2.24, 2.45) is 0 Å². The number of benzene rings is 1. The quantitative estimate of drug-likeness (QED) is 0.792. The third-order valence-corrected chi connectivity index (χ3v) is 4.97. The molecule has 0 amide bonds. The van der Waals surface area contributed by atoms with Crippen molar-refractivity contribution in [3.8, 4) is 0 Å². The summed E-state index contributed by atoms with van der Waals surface area (Å²) in [5, 5.41) is 5.14. The fraction of sp³-hybridized carbons (Fsp3) is 0.444.